The molecule has 0 aromatic carbocycles. The zero-order valence-electron chi connectivity index (χ0n) is 11.9. The largest absolute Gasteiger partial charge is 0.352 e. The Kier molecular flexibility index (Phi) is 4.18. The van der Waals surface area contributed by atoms with Crippen molar-refractivity contribution in [3.05, 3.63) is 11.7 Å². The Bertz CT molecular complexity index is 449. The predicted molar refractivity (Wildman–Crippen MR) is 74.9 cm³/mol. The molecule has 1 aromatic rings. The molecule has 1 unspecified atom stereocenters. The minimum atomic E-state index is -0.110. The summed E-state index contributed by atoms with van der Waals surface area (Å²) in [5, 5.41) is 6.87. The van der Waals surface area contributed by atoms with Crippen molar-refractivity contribution in [3.63, 3.8) is 0 Å². The van der Waals surface area contributed by atoms with Crippen LogP contribution in [0.25, 0.3) is 0 Å². The van der Waals surface area contributed by atoms with Gasteiger partial charge in [-0.2, -0.15) is 4.98 Å². The molecule has 1 amide bonds. The second-order valence-corrected chi connectivity index (χ2v) is 7.33. The zero-order valence-corrected chi connectivity index (χ0v) is 12.7. The lowest BCUT2D eigenvalue weighted by Gasteiger charge is -2.11. The van der Waals surface area contributed by atoms with E-state index in [9.17, 15) is 4.79 Å². The fourth-order valence-electron chi connectivity index (χ4n) is 1.44. The molecule has 106 valence electrons. The molecule has 0 aliphatic heterocycles. The third-order valence-corrected chi connectivity index (χ3v) is 4.02. The van der Waals surface area contributed by atoms with Gasteiger partial charge in [0.2, 0.25) is 11.8 Å². The number of nitrogens with one attached hydrogen (secondary N) is 1. The standard InChI is InChI=1S/C13H21N3O2S/c1-8(11(17)14-9-5-6-9)19-7-10-15-12(16-18-10)13(2,3)4/h8-9H,5-7H2,1-4H3,(H,14,17). The molecular formula is C13H21N3O2S. The highest BCUT2D eigenvalue weighted by atomic mass is 32.2. The summed E-state index contributed by atoms with van der Waals surface area (Å²) in [6, 6.07) is 0.409. The molecule has 1 saturated carbocycles. The highest BCUT2D eigenvalue weighted by Gasteiger charge is 2.26. The molecular weight excluding hydrogens is 262 g/mol. The maximum Gasteiger partial charge on any atom is 0.236 e. The summed E-state index contributed by atoms with van der Waals surface area (Å²) < 4.78 is 5.20. The summed E-state index contributed by atoms with van der Waals surface area (Å²) in [6.45, 7) is 8.03. The number of nitrogens with zero attached hydrogens (tertiary/aromatic N) is 2. The number of hydrogen-bond acceptors (Lipinski definition) is 5. The minimum Gasteiger partial charge on any atom is -0.352 e. The molecule has 19 heavy (non-hydrogen) atoms. The Morgan fingerprint density at radius 1 is 1.53 bits per heavy atom. The Balaban J connectivity index is 1.81. The highest BCUT2D eigenvalue weighted by Crippen LogP contribution is 2.23. The quantitative estimate of drug-likeness (QED) is 0.897. The van der Waals surface area contributed by atoms with Crippen LogP contribution >= 0.6 is 11.8 Å². The van der Waals surface area contributed by atoms with E-state index < -0.39 is 0 Å². The van der Waals surface area contributed by atoms with Crippen LogP contribution in [-0.2, 0) is 16.0 Å². The van der Waals surface area contributed by atoms with E-state index in [0.717, 1.165) is 12.8 Å². The van der Waals surface area contributed by atoms with Gasteiger partial charge in [0.25, 0.3) is 0 Å². The van der Waals surface area contributed by atoms with Gasteiger partial charge in [-0.05, 0) is 19.8 Å². The molecule has 0 saturated heterocycles. The normalized spacial score (nSPS) is 17.3. The molecule has 2 rings (SSSR count). The molecule has 1 aliphatic rings. The first-order valence-corrected chi connectivity index (χ1v) is 7.66. The second kappa shape index (κ2) is 5.53. The summed E-state index contributed by atoms with van der Waals surface area (Å²) in [7, 11) is 0. The van der Waals surface area contributed by atoms with Crippen LogP contribution < -0.4 is 5.32 Å². The lowest BCUT2D eigenvalue weighted by molar-refractivity contribution is -0.120. The van der Waals surface area contributed by atoms with Gasteiger partial charge in [0.15, 0.2) is 5.82 Å². The van der Waals surface area contributed by atoms with Gasteiger partial charge in [0.1, 0.15) is 0 Å². The maximum atomic E-state index is 11.8. The van der Waals surface area contributed by atoms with Crippen molar-refractivity contribution in [2.45, 2.75) is 63.0 Å². The first-order valence-electron chi connectivity index (χ1n) is 6.61. The van der Waals surface area contributed by atoms with Crippen molar-refractivity contribution in [2.75, 3.05) is 0 Å². The van der Waals surface area contributed by atoms with E-state index >= 15 is 0 Å². The van der Waals surface area contributed by atoms with E-state index in [2.05, 4.69) is 15.5 Å². The smallest absolute Gasteiger partial charge is 0.236 e. The van der Waals surface area contributed by atoms with Gasteiger partial charge in [-0.1, -0.05) is 25.9 Å². The number of amides is 1. The first kappa shape index (κ1) is 14.4. The van der Waals surface area contributed by atoms with Gasteiger partial charge >= 0.3 is 0 Å². The van der Waals surface area contributed by atoms with E-state index in [0.29, 0.717) is 23.5 Å². The van der Waals surface area contributed by atoms with Gasteiger partial charge in [0, 0.05) is 11.5 Å². The van der Waals surface area contributed by atoms with E-state index in [-0.39, 0.29) is 16.6 Å². The molecule has 1 aromatic heterocycles. The first-order chi connectivity index (χ1) is 8.86. The SMILES string of the molecule is CC(SCc1nc(C(C)(C)C)no1)C(=O)NC1CC1. The van der Waals surface area contributed by atoms with Crippen LogP contribution in [0.4, 0.5) is 0 Å². The molecule has 1 aliphatic carbocycles. The number of aromatic nitrogens is 2. The lowest BCUT2D eigenvalue weighted by Crippen LogP contribution is -2.32. The second-order valence-electron chi connectivity index (χ2n) is 6.00. The molecule has 5 nitrogen and oxygen atoms in total. The van der Waals surface area contributed by atoms with Crippen LogP contribution in [0.3, 0.4) is 0 Å². The average molecular weight is 283 g/mol. The van der Waals surface area contributed by atoms with Gasteiger partial charge in [-0.15, -0.1) is 11.8 Å². The van der Waals surface area contributed by atoms with Gasteiger partial charge in [0.05, 0.1) is 11.0 Å². The summed E-state index contributed by atoms with van der Waals surface area (Å²) in [5.74, 6) is 1.96. The van der Waals surface area contributed by atoms with Crippen molar-refractivity contribution in [3.8, 4) is 0 Å². The van der Waals surface area contributed by atoms with Crippen LogP contribution in [0, 0.1) is 0 Å². The minimum absolute atomic E-state index is 0.0920. The Labute approximate surface area is 117 Å². The van der Waals surface area contributed by atoms with E-state index in [1.165, 1.54) is 11.8 Å². The number of hydrogen-bond donors (Lipinski definition) is 1. The fraction of sp³-hybridized carbons (Fsp3) is 0.769. The molecule has 0 radical (unpaired) electrons. The number of carbonyl (C=O) groups excluding carboxylic acids is 1. The molecule has 1 heterocycles. The van der Waals surface area contributed by atoms with Crippen molar-refractivity contribution < 1.29 is 9.32 Å². The summed E-state index contributed by atoms with van der Waals surface area (Å²) >= 11 is 1.52. The summed E-state index contributed by atoms with van der Waals surface area (Å²) in [4.78, 5) is 16.1. The number of carbonyl (C=O) groups is 1. The highest BCUT2D eigenvalue weighted by molar-refractivity contribution is 7.99. The average Bonchev–Trinajstić information content (AvgIpc) is 2.99. The Hall–Kier alpha value is -1.04. The van der Waals surface area contributed by atoms with Crippen LogP contribution in [0.1, 0.15) is 52.3 Å². The maximum absolute atomic E-state index is 11.8. The summed E-state index contributed by atoms with van der Waals surface area (Å²) in [5.41, 5.74) is -0.110. The van der Waals surface area contributed by atoms with Crippen LogP contribution in [0.15, 0.2) is 4.52 Å². The predicted octanol–water partition coefficient (Wildman–Crippen LogP) is 2.27. The molecule has 6 heteroatoms. The van der Waals surface area contributed by atoms with Crippen molar-refractivity contribution in [1.82, 2.24) is 15.5 Å². The molecule has 1 fully saturated rings. The zero-order chi connectivity index (χ0) is 14.0. The molecule has 0 bridgehead atoms. The molecule has 1 N–H and O–H groups in total. The fourth-order valence-corrected chi connectivity index (χ4v) is 2.17. The van der Waals surface area contributed by atoms with Crippen LogP contribution in [-0.4, -0.2) is 27.3 Å². The van der Waals surface area contributed by atoms with E-state index in [4.69, 9.17) is 4.52 Å². The van der Waals surface area contributed by atoms with E-state index in [1.54, 1.807) is 0 Å². The Morgan fingerprint density at radius 3 is 2.74 bits per heavy atom. The van der Waals surface area contributed by atoms with E-state index in [1.807, 2.05) is 27.7 Å². The van der Waals surface area contributed by atoms with Gasteiger partial charge < -0.3 is 9.84 Å². The van der Waals surface area contributed by atoms with Crippen LogP contribution in [0.5, 0.6) is 0 Å². The van der Waals surface area contributed by atoms with Crippen molar-refractivity contribution in [1.29, 1.82) is 0 Å². The molecule has 0 spiro atoms. The van der Waals surface area contributed by atoms with Crippen molar-refractivity contribution in [2.24, 2.45) is 0 Å². The molecule has 1 atom stereocenters. The van der Waals surface area contributed by atoms with Crippen molar-refractivity contribution >= 4 is 17.7 Å². The van der Waals surface area contributed by atoms with Gasteiger partial charge in [-0.3, -0.25) is 4.79 Å². The monoisotopic (exact) mass is 283 g/mol. The lowest BCUT2D eigenvalue weighted by atomic mass is 9.96. The third kappa shape index (κ3) is 4.23. The number of rotatable bonds is 5. The number of thioether (sulfide) groups is 1. The topological polar surface area (TPSA) is 68.0 Å². The van der Waals surface area contributed by atoms with Crippen LogP contribution in [0.2, 0.25) is 0 Å². The third-order valence-electron chi connectivity index (χ3n) is 2.89. The van der Waals surface area contributed by atoms with Gasteiger partial charge in [-0.25, -0.2) is 0 Å². The Morgan fingerprint density at radius 2 is 2.21 bits per heavy atom. The summed E-state index contributed by atoms with van der Waals surface area (Å²) in [6.07, 6.45) is 2.23.